The minimum Gasteiger partial charge on any atom is -0.481 e. The van der Waals surface area contributed by atoms with Crippen molar-refractivity contribution in [3.8, 4) is 5.88 Å². The molecule has 1 aliphatic heterocycles. The Hall–Kier alpha value is -2.97. The third-order valence-corrected chi connectivity index (χ3v) is 5.71. The molecule has 3 heterocycles. The lowest BCUT2D eigenvalue weighted by Gasteiger charge is -2.39. The first kappa shape index (κ1) is 20.3. The first-order chi connectivity index (χ1) is 14.5. The molecule has 1 saturated heterocycles. The normalized spacial score (nSPS) is 18.9. The highest BCUT2D eigenvalue weighted by Gasteiger charge is 2.31. The van der Waals surface area contributed by atoms with Crippen LogP contribution in [0.15, 0.2) is 22.9 Å². The van der Waals surface area contributed by atoms with Crippen LogP contribution >= 0.6 is 0 Å². The molecule has 30 heavy (non-hydrogen) atoms. The van der Waals surface area contributed by atoms with E-state index >= 15 is 0 Å². The molecule has 0 spiro atoms. The van der Waals surface area contributed by atoms with Crippen LogP contribution in [0.1, 0.15) is 60.6 Å². The fourth-order valence-electron chi connectivity index (χ4n) is 3.89. The lowest BCUT2D eigenvalue weighted by atomic mass is 10.0. The highest BCUT2D eigenvalue weighted by Crippen LogP contribution is 2.38. The van der Waals surface area contributed by atoms with Crippen LogP contribution in [0.5, 0.6) is 5.88 Å². The summed E-state index contributed by atoms with van der Waals surface area (Å²) in [5.41, 5.74) is 0.519. The molecule has 1 aliphatic carbocycles. The summed E-state index contributed by atoms with van der Waals surface area (Å²) >= 11 is 0. The summed E-state index contributed by atoms with van der Waals surface area (Å²) in [5.74, 6) is 2.15. The highest BCUT2D eigenvalue weighted by molar-refractivity contribution is 5.94. The Bertz CT molecular complexity index is 893. The maximum atomic E-state index is 12.9. The lowest BCUT2D eigenvalue weighted by molar-refractivity contribution is -0.132. The quantitative estimate of drug-likeness (QED) is 0.684. The van der Waals surface area contributed by atoms with Gasteiger partial charge in [-0.1, -0.05) is 5.16 Å². The van der Waals surface area contributed by atoms with E-state index in [1.165, 1.54) is 13.3 Å². The summed E-state index contributed by atoms with van der Waals surface area (Å²) in [6.45, 7) is 3.25. The Morgan fingerprint density at radius 2 is 2.13 bits per heavy atom. The molecule has 1 atom stereocenters. The number of hydrogen-bond acceptors (Lipinski definition) is 7. The fraction of sp³-hybridized carbons (Fsp3) is 0.571. The van der Waals surface area contributed by atoms with Crippen LogP contribution in [0.4, 0.5) is 0 Å². The zero-order valence-corrected chi connectivity index (χ0v) is 17.4. The SMILES string of the molecule is COc1ccc(C(=O)N2CCCC(N(CCc3noc(C4CC4)n3)C(C)=O)C2)cn1. The topological polar surface area (TPSA) is 102 Å². The van der Waals surface area contributed by atoms with Crippen LogP contribution < -0.4 is 4.74 Å². The number of piperidine rings is 1. The molecular formula is C21H27N5O4. The monoisotopic (exact) mass is 413 g/mol. The summed E-state index contributed by atoms with van der Waals surface area (Å²) in [6.07, 6.45) is 6.00. The molecule has 4 rings (SSSR count). The van der Waals surface area contributed by atoms with Gasteiger partial charge in [0.15, 0.2) is 5.82 Å². The Balaban J connectivity index is 1.38. The molecule has 2 fully saturated rings. The largest absolute Gasteiger partial charge is 0.481 e. The molecule has 2 aromatic heterocycles. The molecule has 2 amide bonds. The van der Waals surface area contributed by atoms with Gasteiger partial charge in [0, 0.05) is 57.2 Å². The van der Waals surface area contributed by atoms with Crippen molar-refractivity contribution < 1.29 is 18.8 Å². The number of methoxy groups -OCH3 is 1. The van der Waals surface area contributed by atoms with E-state index in [0.717, 1.165) is 25.7 Å². The van der Waals surface area contributed by atoms with Crippen LogP contribution in [0, 0.1) is 0 Å². The van der Waals surface area contributed by atoms with Crippen LogP contribution in [-0.4, -0.2) is 69.5 Å². The summed E-state index contributed by atoms with van der Waals surface area (Å²) < 4.78 is 10.4. The Morgan fingerprint density at radius 1 is 1.30 bits per heavy atom. The van der Waals surface area contributed by atoms with Crippen molar-refractivity contribution in [1.82, 2.24) is 24.9 Å². The van der Waals surface area contributed by atoms with Crippen molar-refractivity contribution in [2.75, 3.05) is 26.7 Å². The third kappa shape index (κ3) is 4.60. The van der Waals surface area contributed by atoms with Crippen molar-refractivity contribution in [2.45, 2.75) is 51.0 Å². The van der Waals surface area contributed by atoms with Crippen LogP contribution in [-0.2, 0) is 11.2 Å². The maximum absolute atomic E-state index is 12.9. The maximum Gasteiger partial charge on any atom is 0.255 e. The van der Waals surface area contributed by atoms with Gasteiger partial charge in [-0.15, -0.1) is 0 Å². The fourth-order valence-corrected chi connectivity index (χ4v) is 3.89. The van der Waals surface area contributed by atoms with Gasteiger partial charge in [0.2, 0.25) is 17.7 Å². The molecule has 160 valence electrons. The average Bonchev–Trinajstić information content (AvgIpc) is 3.52. The molecule has 0 aromatic carbocycles. The van der Waals surface area contributed by atoms with E-state index in [1.807, 2.05) is 4.90 Å². The van der Waals surface area contributed by atoms with Crippen LogP contribution in [0.2, 0.25) is 0 Å². The summed E-state index contributed by atoms with van der Waals surface area (Å²) in [4.78, 5) is 37.4. The van der Waals surface area contributed by atoms with Gasteiger partial charge in [0.05, 0.1) is 12.7 Å². The second-order valence-corrected chi connectivity index (χ2v) is 7.92. The van der Waals surface area contributed by atoms with Gasteiger partial charge in [-0.3, -0.25) is 9.59 Å². The van der Waals surface area contributed by atoms with E-state index in [-0.39, 0.29) is 17.9 Å². The first-order valence-electron chi connectivity index (χ1n) is 10.4. The number of aromatic nitrogens is 3. The second-order valence-electron chi connectivity index (χ2n) is 7.92. The van der Waals surface area contributed by atoms with Gasteiger partial charge < -0.3 is 19.1 Å². The predicted molar refractivity (Wildman–Crippen MR) is 107 cm³/mol. The Morgan fingerprint density at radius 3 is 2.80 bits per heavy atom. The highest BCUT2D eigenvalue weighted by atomic mass is 16.5. The minimum absolute atomic E-state index is 0.00803. The van der Waals surface area contributed by atoms with E-state index in [9.17, 15) is 9.59 Å². The molecule has 2 aromatic rings. The van der Waals surface area contributed by atoms with Crippen molar-refractivity contribution in [2.24, 2.45) is 0 Å². The molecule has 0 N–H and O–H groups in total. The van der Waals surface area contributed by atoms with E-state index in [4.69, 9.17) is 9.26 Å². The van der Waals surface area contributed by atoms with Gasteiger partial charge in [-0.05, 0) is 31.7 Å². The van der Waals surface area contributed by atoms with Crippen molar-refractivity contribution >= 4 is 11.8 Å². The summed E-state index contributed by atoms with van der Waals surface area (Å²) in [5, 5.41) is 4.05. The molecule has 1 unspecified atom stereocenters. The number of hydrogen-bond donors (Lipinski definition) is 0. The number of carbonyl (C=O) groups is 2. The smallest absolute Gasteiger partial charge is 0.255 e. The van der Waals surface area contributed by atoms with Crippen molar-refractivity contribution in [3.63, 3.8) is 0 Å². The molecule has 9 nitrogen and oxygen atoms in total. The predicted octanol–water partition coefficient (Wildman–Crippen LogP) is 2.05. The second kappa shape index (κ2) is 8.81. The molecule has 1 saturated carbocycles. The number of amides is 2. The van der Waals surface area contributed by atoms with Gasteiger partial charge in [0.1, 0.15) is 0 Å². The summed E-state index contributed by atoms with van der Waals surface area (Å²) in [6, 6.07) is 3.37. The van der Waals surface area contributed by atoms with Crippen molar-refractivity contribution in [1.29, 1.82) is 0 Å². The van der Waals surface area contributed by atoms with Crippen LogP contribution in [0.3, 0.4) is 0 Å². The molecular weight excluding hydrogens is 386 g/mol. The minimum atomic E-state index is -0.0781. The standard InChI is InChI=1S/C21H27N5O4/c1-14(27)26(11-9-18-23-20(30-24-18)15-5-6-15)17-4-3-10-25(13-17)21(28)16-7-8-19(29-2)22-12-16/h7-8,12,15,17H,3-6,9-11,13H2,1-2H3. The summed E-state index contributed by atoms with van der Waals surface area (Å²) in [7, 11) is 1.54. The van der Waals surface area contributed by atoms with Crippen LogP contribution in [0.25, 0.3) is 0 Å². The molecule has 0 bridgehead atoms. The molecule has 2 aliphatic rings. The van der Waals surface area contributed by atoms with E-state index in [1.54, 1.807) is 24.0 Å². The lowest BCUT2D eigenvalue weighted by Crippen LogP contribution is -2.51. The van der Waals surface area contributed by atoms with E-state index in [0.29, 0.717) is 55.1 Å². The van der Waals surface area contributed by atoms with Gasteiger partial charge in [0.25, 0.3) is 5.91 Å². The number of rotatable bonds is 7. The van der Waals surface area contributed by atoms with Crippen molar-refractivity contribution in [3.05, 3.63) is 35.6 Å². The number of pyridine rings is 1. The molecule has 0 radical (unpaired) electrons. The average molecular weight is 413 g/mol. The zero-order chi connectivity index (χ0) is 21.1. The van der Waals surface area contributed by atoms with Gasteiger partial charge >= 0.3 is 0 Å². The number of carbonyl (C=O) groups excluding carboxylic acids is 2. The van der Waals surface area contributed by atoms with E-state index in [2.05, 4.69) is 15.1 Å². The Labute approximate surface area is 175 Å². The van der Waals surface area contributed by atoms with E-state index < -0.39 is 0 Å². The third-order valence-electron chi connectivity index (χ3n) is 5.71. The number of ether oxygens (including phenoxy) is 1. The number of nitrogens with zero attached hydrogens (tertiary/aromatic N) is 5. The molecule has 9 heteroatoms. The zero-order valence-electron chi connectivity index (χ0n) is 17.4. The van der Waals surface area contributed by atoms with Gasteiger partial charge in [-0.25, -0.2) is 4.98 Å². The Kier molecular flexibility index (Phi) is 5.96. The van der Waals surface area contributed by atoms with Gasteiger partial charge in [-0.2, -0.15) is 4.98 Å². The first-order valence-corrected chi connectivity index (χ1v) is 10.4. The number of likely N-dealkylation sites (tertiary alicyclic amines) is 1.